The van der Waals surface area contributed by atoms with Gasteiger partial charge in [0, 0.05) is 0 Å². The van der Waals surface area contributed by atoms with E-state index in [2.05, 4.69) is 24.3 Å². The van der Waals surface area contributed by atoms with Gasteiger partial charge in [-0.3, -0.25) is 0 Å². The van der Waals surface area contributed by atoms with Crippen molar-refractivity contribution in [2.45, 2.75) is 27.7 Å². The number of hydrogen-bond donors (Lipinski definition) is 0. The van der Waals surface area contributed by atoms with Crippen molar-refractivity contribution in [3.05, 3.63) is 83.4 Å². The average molecular weight is 559 g/mol. The van der Waals surface area contributed by atoms with Crippen molar-refractivity contribution in [2.24, 2.45) is 0 Å². The first-order valence-electron chi connectivity index (χ1n) is 9.44. The van der Waals surface area contributed by atoms with Crippen LogP contribution in [-0.2, 0) is 17.7 Å². The Labute approximate surface area is 179 Å². The topological polar surface area (TPSA) is 51.6 Å². The van der Waals surface area contributed by atoms with Crippen LogP contribution in [0.25, 0.3) is 22.5 Å². The van der Waals surface area contributed by atoms with Crippen LogP contribution in [0.3, 0.4) is 0 Å². The standard InChI is InChI=1S/2C12H11N2.Ir/c2*1-9-8-13-12(10(2)14-9)11-6-4-3-5-7-11;/h2*3-7H,1-2H3;/q;;+1. The Morgan fingerprint density at radius 1 is 0.483 bits per heavy atom. The maximum absolute atomic E-state index is 5.03. The number of aryl methyl sites for hydroxylation is 4. The molecule has 4 nitrogen and oxygen atoms in total. The van der Waals surface area contributed by atoms with Crippen LogP contribution in [0.5, 0.6) is 0 Å². The predicted octanol–water partition coefficient (Wildman–Crippen LogP) is 3.87. The molecule has 5 heteroatoms. The normalized spacial score (nSPS) is 11.0. The van der Waals surface area contributed by atoms with Gasteiger partial charge in [-0.25, -0.2) is 0 Å². The molecule has 4 rings (SSSR count). The number of rotatable bonds is 4. The first kappa shape index (κ1) is 19.6. The summed E-state index contributed by atoms with van der Waals surface area (Å²) in [6.45, 7) is 8.14. The Bertz CT molecular complexity index is 1070. The predicted molar refractivity (Wildman–Crippen MR) is 113 cm³/mol. The third kappa shape index (κ3) is 4.16. The van der Waals surface area contributed by atoms with Gasteiger partial charge < -0.3 is 0 Å². The molecule has 0 atom stereocenters. The molecular weight excluding hydrogens is 537 g/mol. The Kier molecular flexibility index (Phi) is 5.61. The first-order valence-corrected chi connectivity index (χ1v) is 11.8. The molecule has 2 heterocycles. The third-order valence-corrected chi connectivity index (χ3v) is 7.99. The van der Waals surface area contributed by atoms with Crippen molar-refractivity contribution in [3.63, 3.8) is 0 Å². The molecule has 0 N–H and O–H groups in total. The van der Waals surface area contributed by atoms with Crippen LogP contribution in [0.1, 0.15) is 22.8 Å². The summed E-state index contributed by atoms with van der Waals surface area (Å²) in [5, 5.41) is 0. The van der Waals surface area contributed by atoms with Crippen molar-refractivity contribution in [3.8, 4) is 22.5 Å². The average Bonchev–Trinajstić information content (AvgIpc) is 2.73. The molecule has 0 saturated carbocycles. The fourth-order valence-electron chi connectivity index (χ4n) is 3.18. The van der Waals surface area contributed by atoms with E-state index in [1.807, 2.05) is 64.1 Å². The van der Waals surface area contributed by atoms with Gasteiger partial charge in [-0.2, -0.15) is 0 Å². The summed E-state index contributed by atoms with van der Waals surface area (Å²) < 4.78 is 2.13. The summed E-state index contributed by atoms with van der Waals surface area (Å²) >= 11 is -0.770. The molecule has 0 bridgehead atoms. The molecule has 0 radical (unpaired) electrons. The van der Waals surface area contributed by atoms with E-state index < -0.39 is 17.7 Å². The van der Waals surface area contributed by atoms with E-state index in [1.165, 1.54) is 0 Å². The van der Waals surface area contributed by atoms with Crippen LogP contribution in [0.4, 0.5) is 0 Å². The molecule has 4 aromatic rings. The van der Waals surface area contributed by atoms with Crippen LogP contribution >= 0.6 is 0 Å². The summed E-state index contributed by atoms with van der Waals surface area (Å²) in [6, 6.07) is 20.5. The second kappa shape index (κ2) is 8.32. The summed E-state index contributed by atoms with van der Waals surface area (Å²) in [5.74, 6) is 0. The van der Waals surface area contributed by atoms with Gasteiger partial charge in [0.2, 0.25) is 0 Å². The van der Waals surface area contributed by atoms with Gasteiger partial charge in [0.1, 0.15) is 0 Å². The molecule has 2 aromatic heterocycles. The molecule has 146 valence electrons. The van der Waals surface area contributed by atoms with Crippen molar-refractivity contribution in [2.75, 3.05) is 0 Å². The van der Waals surface area contributed by atoms with E-state index in [-0.39, 0.29) is 0 Å². The molecule has 0 saturated heterocycles. The van der Waals surface area contributed by atoms with Gasteiger partial charge in [-0.05, 0) is 0 Å². The zero-order valence-electron chi connectivity index (χ0n) is 16.9. The van der Waals surface area contributed by atoms with E-state index in [9.17, 15) is 0 Å². The summed E-state index contributed by atoms with van der Waals surface area (Å²) in [6.07, 6.45) is 0. The minimum atomic E-state index is -0.770. The van der Waals surface area contributed by atoms with Crippen LogP contribution in [0.15, 0.2) is 60.7 Å². The molecule has 0 aliphatic rings. The molecule has 0 aliphatic carbocycles. The molecule has 0 spiro atoms. The van der Waals surface area contributed by atoms with Crippen LogP contribution < -0.4 is 8.42 Å². The van der Waals surface area contributed by atoms with Crippen molar-refractivity contribution >= 4 is 8.42 Å². The summed E-state index contributed by atoms with van der Waals surface area (Å²) in [4.78, 5) is 19.6. The SMILES string of the molecule is Cc1nc(C)c(-c2ccccc2)n[c]1[Ir+][c]1nc(-c2ccccc2)c(C)nc1C. The Morgan fingerprint density at radius 2 is 0.862 bits per heavy atom. The zero-order valence-corrected chi connectivity index (χ0v) is 19.3. The summed E-state index contributed by atoms with van der Waals surface area (Å²) in [5.41, 5.74) is 8.01. The molecule has 0 unspecified atom stereocenters. The van der Waals surface area contributed by atoms with Crippen LogP contribution in [-0.4, -0.2) is 19.9 Å². The molecular formula is C24H22IrN4+. The van der Waals surface area contributed by atoms with Crippen molar-refractivity contribution in [1.82, 2.24) is 19.9 Å². The molecule has 0 aliphatic heterocycles. The number of aromatic nitrogens is 4. The monoisotopic (exact) mass is 559 g/mol. The Hall–Kier alpha value is -2.75. The molecule has 29 heavy (non-hydrogen) atoms. The quantitative estimate of drug-likeness (QED) is 0.382. The van der Waals surface area contributed by atoms with Gasteiger partial charge >= 0.3 is 180 Å². The fourth-order valence-corrected chi connectivity index (χ4v) is 5.65. The van der Waals surface area contributed by atoms with E-state index in [0.717, 1.165) is 53.7 Å². The van der Waals surface area contributed by atoms with Crippen LogP contribution in [0, 0.1) is 27.7 Å². The van der Waals surface area contributed by atoms with E-state index >= 15 is 0 Å². The maximum atomic E-state index is 5.03. The van der Waals surface area contributed by atoms with Crippen molar-refractivity contribution < 1.29 is 17.7 Å². The van der Waals surface area contributed by atoms with E-state index in [0.29, 0.717) is 0 Å². The van der Waals surface area contributed by atoms with E-state index in [1.54, 1.807) is 0 Å². The van der Waals surface area contributed by atoms with Gasteiger partial charge in [-0.1, -0.05) is 0 Å². The molecule has 2 aromatic carbocycles. The number of hydrogen-bond acceptors (Lipinski definition) is 4. The summed E-state index contributed by atoms with van der Waals surface area (Å²) in [7, 11) is 0. The number of benzene rings is 2. The zero-order chi connectivity index (χ0) is 20.4. The van der Waals surface area contributed by atoms with Gasteiger partial charge in [0.25, 0.3) is 0 Å². The second-order valence-corrected chi connectivity index (χ2v) is 9.71. The molecule has 0 fully saturated rings. The molecule has 0 amide bonds. The van der Waals surface area contributed by atoms with E-state index in [4.69, 9.17) is 19.9 Å². The Balaban J connectivity index is 1.77. The van der Waals surface area contributed by atoms with Gasteiger partial charge in [-0.15, -0.1) is 0 Å². The van der Waals surface area contributed by atoms with Gasteiger partial charge in [0.15, 0.2) is 0 Å². The Morgan fingerprint density at radius 3 is 1.24 bits per heavy atom. The third-order valence-electron chi connectivity index (χ3n) is 4.58. The fraction of sp³-hybridized carbons (Fsp3) is 0.167. The van der Waals surface area contributed by atoms with Crippen LogP contribution in [0.2, 0.25) is 0 Å². The second-order valence-electron chi connectivity index (χ2n) is 6.84. The minimum absolute atomic E-state index is 0.770. The van der Waals surface area contributed by atoms with Gasteiger partial charge in [0.05, 0.1) is 0 Å². The number of nitrogens with zero attached hydrogens (tertiary/aromatic N) is 4. The van der Waals surface area contributed by atoms with Crippen molar-refractivity contribution in [1.29, 1.82) is 0 Å². The first-order chi connectivity index (χ1) is 14.0.